The van der Waals surface area contributed by atoms with E-state index in [1.54, 1.807) is 0 Å². The second-order valence-corrected chi connectivity index (χ2v) is 4.87. The van der Waals surface area contributed by atoms with Gasteiger partial charge in [-0.25, -0.2) is 12.8 Å². The van der Waals surface area contributed by atoms with E-state index >= 15 is 0 Å². The second-order valence-electron chi connectivity index (χ2n) is 3.22. The Morgan fingerprint density at radius 1 is 1.28 bits per heavy atom. The van der Waals surface area contributed by atoms with Crippen molar-refractivity contribution in [1.82, 2.24) is 4.89 Å². The van der Waals surface area contributed by atoms with Gasteiger partial charge in [0, 0.05) is 7.11 Å². The van der Waals surface area contributed by atoms with Crippen molar-refractivity contribution in [2.24, 2.45) is 0 Å². The lowest BCUT2D eigenvalue weighted by atomic mass is 10.3. The number of sulfonamides is 1. The third-order valence-corrected chi connectivity index (χ3v) is 3.20. The molecule has 0 aromatic heterocycles. The molecule has 1 aromatic carbocycles. The first-order valence-corrected chi connectivity index (χ1v) is 6.45. The maximum Gasteiger partial charge on any atom is 0.262 e. The van der Waals surface area contributed by atoms with Crippen LogP contribution in [0.15, 0.2) is 23.1 Å². The van der Waals surface area contributed by atoms with Gasteiger partial charge in [-0.3, -0.25) is 4.84 Å². The van der Waals surface area contributed by atoms with Crippen molar-refractivity contribution < 1.29 is 27.1 Å². The Hall–Kier alpha value is -1.22. The van der Waals surface area contributed by atoms with Crippen LogP contribution >= 0.6 is 0 Å². The molecule has 0 fully saturated rings. The average molecular weight is 279 g/mol. The van der Waals surface area contributed by atoms with E-state index in [0.29, 0.717) is 0 Å². The van der Waals surface area contributed by atoms with Gasteiger partial charge in [-0.1, -0.05) is 4.89 Å². The standard InChI is InChI=1S/C10H14FNO5S/c1-15-5-6-17-12-18(13,14)8-3-4-10(16-2)9(11)7-8/h3-4,7,12H,5-6H2,1-2H3. The fourth-order valence-corrected chi connectivity index (χ4v) is 1.95. The smallest absolute Gasteiger partial charge is 0.262 e. The quantitative estimate of drug-likeness (QED) is 0.587. The number of hydrogen-bond acceptors (Lipinski definition) is 5. The molecule has 0 amide bonds. The van der Waals surface area contributed by atoms with Gasteiger partial charge < -0.3 is 9.47 Å². The van der Waals surface area contributed by atoms with Crippen LogP contribution in [0, 0.1) is 5.82 Å². The Labute approximate surface area is 105 Å². The highest BCUT2D eigenvalue weighted by molar-refractivity contribution is 7.89. The van der Waals surface area contributed by atoms with E-state index in [-0.39, 0.29) is 23.9 Å². The maximum atomic E-state index is 13.3. The SMILES string of the molecule is COCCONS(=O)(=O)c1ccc(OC)c(F)c1. The molecule has 0 unspecified atom stereocenters. The summed E-state index contributed by atoms with van der Waals surface area (Å²) in [6, 6.07) is 3.28. The first-order valence-electron chi connectivity index (χ1n) is 4.97. The summed E-state index contributed by atoms with van der Waals surface area (Å²) >= 11 is 0. The summed E-state index contributed by atoms with van der Waals surface area (Å²) < 4.78 is 46.0. The summed E-state index contributed by atoms with van der Waals surface area (Å²) in [5, 5.41) is 0. The molecule has 0 aliphatic rings. The predicted molar refractivity (Wildman–Crippen MR) is 61.1 cm³/mol. The minimum absolute atomic E-state index is 0.0331. The first-order chi connectivity index (χ1) is 8.51. The average Bonchev–Trinajstić information content (AvgIpc) is 2.34. The summed E-state index contributed by atoms with van der Waals surface area (Å²) in [6.07, 6.45) is 0. The molecule has 0 saturated carbocycles. The van der Waals surface area contributed by atoms with Crippen LogP contribution in [0.2, 0.25) is 0 Å². The Morgan fingerprint density at radius 2 is 2.00 bits per heavy atom. The molecule has 1 aromatic rings. The van der Waals surface area contributed by atoms with E-state index in [2.05, 4.69) is 14.3 Å². The third kappa shape index (κ3) is 3.91. The van der Waals surface area contributed by atoms with E-state index in [1.165, 1.54) is 26.4 Å². The molecular weight excluding hydrogens is 265 g/mol. The van der Waals surface area contributed by atoms with Crippen molar-refractivity contribution in [1.29, 1.82) is 0 Å². The largest absolute Gasteiger partial charge is 0.494 e. The van der Waals surface area contributed by atoms with Gasteiger partial charge in [-0.05, 0) is 18.2 Å². The molecule has 0 radical (unpaired) electrons. The van der Waals surface area contributed by atoms with Gasteiger partial charge in [-0.2, -0.15) is 0 Å². The Bertz CT molecular complexity index is 491. The van der Waals surface area contributed by atoms with E-state index in [0.717, 1.165) is 6.07 Å². The van der Waals surface area contributed by atoms with E-state index in [1.807, 2.05) is 4.89 Å². The molecule has 1 rings (SSSR count). The molecular formula is C10H14FNO5S. The summed E-state index contributed by atoms with van der Waals surface area (Å²) in [5.74, 6) is -0.800. The van der Waals surface area contributed by atoms with Crippen molar-refractivity contribution in [3.8, 4) is 5.75 Å². The number of ether oxygens (including phenoxy) is 2. The molecule has 0 heterocycles. The number of halogens is 1. The van der Waals surface area contributed by atoms with Crippen LogP contribution in [0.3, 0.4) is 0 Å². The normalized spacial score (nSPS) is 11.5. The van der Waals surface area contributed by atoms with Crippen molar-refractivity contribution >= 4 is 10.0 Å². The summed E-state index contributed by atoms with van der Waals surface area (Å²) in [5.41, 5.74) is 0. The highest BCUT2D eigenvalue weighted by Crippen LogP contribution is 2.20. The summed E-state index contributed by atoms with van der Waals surface area (Å²) in [7, 11) is -1.17. The minimum atomic E-state index is -3.91. The van der Waals surface area contributed by atoms with Crippen LogP contribution < -0.4 is 9.62 Å². The zero-order valence-electron chi connectivity index (χ0n) is 9.97. The lowest BCUT2D eigenvalue weighted by Crippen LogP contribution is -2.25. The lowest BCUT2D eigenvalue weighted by molar-refractivity contribution is 0.0438. The fraction of sp³-hybridized carbons (Fsp3) is 0.400. The summed E-state index contributed by atoms with van der Waals surface area (Å²) in [6.45, 7) is 0.286. The molecule has 18 heavy (non-hydrogen) atoms. The number of hydrogen-bond donors (Lipinski definition) is 1. The van der Waals surface area contributed by atoms with Gasteiger partial charge in [0.15, 0.2) is 11.6 Å². The lowest BCUT2D eigenvalue weighted by Gasteiger charge is -2.08. The van der Waals surface area contributed by atoms with Gasteiger partial charge in [0.25, 0.3) is 10.0 Å². The molecule has 0 bridgehead atoms. The summed E-state index contributed by atoms with van der Waals surface area (Å²) in [4.78, 5) is 6.28. The predicted octanol–water partition coefficient (Wildman–Crippen LogP) is 0.691. The van der Waals surface area contributed by atoms with Crippen LogP contribution in [-0.4, -0.2) is 35.9 Å². The molecule has 6 nitrogen and oxygen atoms in total. The van der Waals surface area contributed by atoms with Gasteiger partial charge in [0.1, 0.15) is 0 Å². The molecule has 0 atom stereocenters. The Kier molecular flexibility index (Phi) is 5.48. The molecule has 0 aliphatic heterocycles. The second kappa shape index (κ2) is 6.64. The van der Waals surface area contributed by atoms with Crippen LogP contribution in [0.1, 0.15) is 0 Å². The van der Waals surface area contributed by atoms with Crippen LogP contribution in [0.4, 0.5) is 4.39 Å². The van der Waals surface area contributed by atoms with Crippen molar-refractivity contribution in [3.63, 3.8) is 0 Å². The van der Waals surface area contributed by atoms with E-state index in [4.69, 9.17) is 0 Å². The minimum Gasteiger partial charge on any atom is -0.494 e. The number of benzene rings is 1. The fourth-order valence-electron chi connectivity index (χ4n) is 1.11. The van der Waals surface area contributed by atoms with E-state index in [9.17, 15) is 12.8 Å². The van der Waals surface area contributed by atoms with Gasteiger partial charge in [-0.15, -0.1) is 0 Å². The number of rotatable bonds is 7. The Balaban J connectivity index is 2.76. The molecule has 0 spiro atoms. The number of nitrogens with one attached hydrogen (secondary N) is 1. The highest BCUT2D eigenvalue weighted by atomic mass is 32.2. The maximum absolute atomic E-state index is 13.3. The monoisotopic (exact) mass is 279 g/mol. The van der Waals surface area contributed by atoms with Crippen molar-refractivity contribution in [3.05, 3.63) is 24.0 Å². The highest BCUT2D eigenvalue weighted by Gasteiger charge is 2.16. The topological polar surface area (TPSA) is 73.9 Å². The van der Waals surface area contributed by atoms with Crippen LogP contribution in [-0.2, 0) is 19.6 Å². The zero-order chi connectivity index (χ0) is 13.6. The first kappa shape index (κ1) is 14.8. The van der Waals surface area contributed by atoms with E-state index < -0.39 is 15.8 Å². The molecule has 0 aliphatic carbocycles. The van der Waals surface area contributed by atoms with Crippen LogP contribution in [0.5, 0.6) is 5.75 Å². The van der Waals surface area contributed by atoms with Gasteiger partial charge in [0.2, 0.25) is 0 Å². The molecule has 0 saturated heterocycles. The van der Waals surface area contributed by atoms with Crippen molar-refractivity contribution in [2.45, 2.75) is 4.90 Å². The molecule has 102 valence electrons. The third-order valence-electron chi connectivity index (χ3n) is 1.99. The van der Waals surface area contributed by atoms with Gasteiger partial charge >= 0.3 is 0 Å². The molecule has 8 heteroatoms. The number of methoxy groups -OCH3 is 2. The molecule has 1 N–H and O–H groups in total. The van der Waals surface area contributed by atoms with Crippen molar-refractivity contribution in [2.75, 3.05) is 27.4 Å². The van der Waals surface area contributed by atoms with Gasteiger partial charge in [0.05, 0.1) is 25.2 Å². The Morgan fingerprint density at radius 3 is 2.56 bits per heavy atom. The zero-order valence-corrected chi connectivity index (χ0v) is 10.8. The van der Waals surface area contributed by atoms with Crippen LogP contribution in [0.25, 0.3) is 0 Å².